The van der Waals surface area contributed by atoms with Gasteiger partial charge in [0, 0.05) is 11.8 Å². The monoisotopic (exact) mass is 306 g/mol. The van der Waals surface area contributed by atoms with Crippen molar-refractivity contribution in [2.45, 2.75) is 77.4 Å². The molecule has 0 bridgehead atoms. The Bertz CT molecular complexity index is 489. The van der Waals surface area contributed by atoms with E-state index in [4.69, 9.17) is 0 Å². The van der Waals surface area contributed by atoms with E-state index in [1.807, 2.05) is 0 Å². The Balaban J connectivity index is 1.69. The molecule has 124 valence electrons. The molecule has 4 saturated carbocycles. The second-order valence-electron chi connectivity index (χ2n) is 9.16. The standard InChI is InChI=1S/C19H30O3/c1-18-8-7-12(20)9-11(18)3-4-13-14-5-6-16(22)19(14,2)10-15(21)17(13)18/h11-15,17,20-21H,3-10H2,1-2H3/t11?,12?,13?,14?,15?,17?,18-,19-/m0/s1. The first kappa shape index (κ1) is 15.1. The van der Waals surface area contributed by atoms with E-state index in [0.717, 1.165) is 38.5 Å². The molecule has 0 aliphatic heterocycles. The number of Topliss-reactive ketones (excluding diaryl/α,β-unsaturated/α-hetero) is 1. The molecule has 0 aromatic heterocycles. The highest BCUT2D eigenvalue weighted by Crippen LogP contribution is 2.65. The van der Waals surface area contributed by atoms with Gasteiger partial charge in [-0.05, 0) is 74.0 Å². The summed E-state index contributed by atoms with van der Waals surface area (Å²) in [5.74, 6) is 2.27. The first-order valence-electron chi connectivity index (χ1n) is 9.25. The summed E-state index contributed by atoms with van der Waals surface area (Å²) >= 11 is 0. The van der Waals surface area contributed by atoms with Crippen LogP contribution in [0.3, 0.4) is 0 Å². The number of fused-ring (bicyclic) bond motifs is 5. The number of carbonyl (C=O) groups is 1. The Morgan fingerprint density at radius 1 is 1.09 bits per heavy atom. The second-order valence-corrected chi connectivity index (χ2v) is 9.16. The minimum absolute atomic E-state index is 0.145. The first-order valence-corrected chi connectivity index (χ1v) is 9.25. The van der Waals surface area contributed by atoms with Crippen molar-refractivity contribution in [3.8, 4) is 0 Å². The molecule has 0 radical (unpaired) electrons. The summed E-state index contributed by atoms with van der Waals surface area (Å²) in [4.78, 5) is 12.4. The topological polar surface area (TPSA) is 57.5 Å². The van der Waals surface area contributed by atoms with Gasteiger partial charge in [0.2, 0.25) is 0 Å². The Kier molecular flexibility index (Phi) is 3.30. The van der Waals surface area contributed by atoms with Crippen molar-refractivity contribution in [3.05, 3.63) is 0 Å². The Morgan fingerprint density at radius 2 is 1.86 bits per heavy atom. The van der Waals surface area contributed by atoms with Crippen LogP contribution in [-0.4, -0.2) is 28.2 Å². The predicted octanol–water partition coefficient (Wildman–Crippen LogP) is 2.93. The Morgan fingerprint density at radius 3 is 2.64 bits per heavy atom. The lowest BCUT2D eigenvalue weighted by Crippen LogP contribution is -2.59. The molecular formula is C19H30O3. The summed E-state index contributed by atoms with van der Waals surface area (Å²) in [5.41, 5.74) is -0.105. The SMILES string of the molecule is C[C@]12CCC(O)CC1CCC1C2C(O)C[C@]2(C)C(=O)CCC12. The van der Waals surface area contributed by atoms with Gasteiger partial charge in [0.15, 0.2) is 0 Å². The van der Waals surface area contributed by atoms with Crippen LogP contribution in [0.2, 0.25) is 0 Å². The summed E-state index contributed by atoms with van der Waals surface area (Å²) in [6, 6.07) is 0. The molecule has 0 aromatic carbocycles. The van der Waals surface area contributed by atoms with Gasteiger partial charge in [0.1, 0.15) is 5.78 Å². The van der Waals surface area contributed by atoms with Gasteiger partial charge in [0.25, 0.3) is 0 Å². The molecule has 0 aromatic rings. The summed E-state index contributed by atoms with van der Waals surface area (Å²) in [7, 11) is 0. The Labute approximate surface area is 133 Å². The maximum absolute atomic E-state index is 12.4. The van der Waals surface area contributed by atoms with Gasteiger partial charge in [-0.3, -0.25) is 4.79 Å². The molecule has 6 unspecified atom stereocenters. The van der Waals surface area contributed by atoms with Crippen LogP contribution < -0.4 is 0 Å². The van der Waals surface area contributed by atoms with Crippen molar-refractivity contribution in [1.29, 1.82) is 0 Å². The molecule has 3 heteroatoms. The van der Waals surface area contributed by atoms with Crippen LogP contribution in [0.25, 0.3) is 0 Å². The summed E-state index contributed by atoms with van der Waals surface area (Å²) in [5, 5.41) is 21.0. The molecule has 4 aliphatic rings. The third kappa shape index (κ3) is 1.84. The van der Waals surface area contributed by atoms with Crippen molar-refractivity contribution in [2.24, 2.45) is 34.5 Å². The molecule has 4 rings (SSSR count). The normalized spacial score (nSPS) is 57.9. The lowest BCUT2D eigenvalue weighted by atomic mass is 9.44. The zero-order chi connectivity index (χ0) is 15.7. The van der Waals surface area contributed by atoms with Crippen LogP contribution in [0.1, 0.15) is 65.2 Å². The molecular weight excluding hydrogens is 276 g/mol. The zero-order valence-electron chi connectivity index (χ0n) is 13.9. The smallest absolute Gasteiger partial charge is 0.139 e. The van der Waals surface area contributed by atoms with Crippen molar-refractivity contribution in [1.82, 2.24) is 0 Å². The maximum atomic E-state index is 12.4. The lowest BCUT2D eigenvalue weighted by molar-refractivity contribution is -0.175. The van der Waals surface area contributed by atoms with Crippen molar-refractivity contribution < 1.29 is 15.0 Å². The summed E-state index contributed by atoms with van der Waals surface area (Å²) in [6.07, 6.45) is 7.08. The highest BCUT2D eigenvalue weighted by molar-refractivity contribution is 5.87. The maximum Gasteiger partial charge on any atom is 0.139 e. The van der Waals surface area contributed by atoms with Gasteiger partial charge in [-0.15, -0.1) is 0 Å². The molecule has 0 saturated heterocycles. The fourth-order valence-electron chi connectivity index (χ4n) is 7.13. The number of aliphatic hydroxyl groups excluding tert-OH is 2. The van der Waals surface area contributed by atoms with Gasteiger partial charge >= 0.3 is 0 Å². The average Bonchev–Trinajstić information content (AvgIpc) is 2.75. The highest BCUT2D eigenvalue weighted by Gasteiger charge is 2.63. The molecule has 4 fully saturated rings. The molecule has 0 heterocycles. The number of hydrogen-bond donors (Lipinski definition) is 2. The fourth-order valence-corrected chi connectivity index (χ4v) is 7.13. The van der Waals surface area contributed by atoms with Gasteiger partial charge in [-0.25, -0.2) is 0 Å². The van der Waals surface area contributed by atoms with E-state index in [2.05, 4.69) is 13.8 Å². The van der Waals surface area contributed by atoms with Crippen LogP contribution in [0.4, 0.5) is 0 Å². The number of rotatable bonds is 0. The van der Waals surface area contributed by atoms with Gasteiger partial charge in [-0.2, -0.15) is 0 Å². The third-order valence-electron chi connectivity index (χ3n) is 8.28. The molecule has 22 heavy (non-hydrogen) atoms. The second kappa shape index (κ2) is 4.80. The molecule has 0 amide bonds. The molecule has 4 aliphatic carbocycles. The molecule has 3 nitrogen and oxygen atoms in total. The van der Waals surface area contributed by atoms with E-state index >= 15 is 0 Å². The molecule has 0 spiro atoms. The first-order chi connectivity index (χ1) is 10.4. The highest BCUT2D eigenvalue weighted by atomic mass is 16.3. The van der Waals surface area contributed by atoms with E-state index < -0.39 is 0 Å². The van der Waals surface area contributed by atoms with Crippen LogP contribution in [0, 0.1) is 34.5 Å². The fraction of sp³-hybridized carbons (Fsp3) is 0.947. The van der Waals surface area contributed by atoms with Crippen LogP contribution in [0.5, 0.6) is 0 Å². The summed E-state index contributed by atoms with van der Waals surface area (Å²) < 4.78 is 0. The van der Waals surface area contributed by atoms with Gasteiger partial charge in [0.05, 0.1) is 12.2 Å². The number of aliphatic hydroxyl groups is 2. The van der Waals surface area contributed by atoms with Crippen LogP contribution in [-0.2, 0) is 4.79 Å². The largest absolute Gasteiger partial charge is 0.393 e. The summed E-state index contributed by atoms with van der Waals surface area (Å²) in [6.45, 7) is 4.48. The zero-order valence-corrected chi connectivity index (χ0v) is 13.9. The van der Waals surface area contributed by atoms with E-state index in [-0.39, 0.29) is 23.0 Å². The quantitative estimate of drug-likeness (QED) is 0.723. The number of hydrogen-bond acceptors (Lipinski definition) is 3. The van der Waals surface area contributed by atoms with Crippen LogP contribution in [0.15, 0.2) is 0 Å². The lowest BCUT2D eigenvalue weighted by Gasteiger charge is -2.61. The van der Waals surface area contributed by atoms with Crippen molar-refractivity contribution in [2.75, 3.05) is 0 Å². The predicted molar refractivity (Wildman–Crippen MR) is 84.1 cm³/mol. The van der Waals surface area contributed by atoms with E-state index in [9.17, 15) is 15.0 Å². The molecule has 2 N–H and O–H groups in total. The van der Waals surface area contributed by atoms with E-state index in [1.54, 1.807) is 0 Å². The minimum Gasteiger partial charge on any atom is -0.393 e. The van der Waals surface area contributed by atoms with Crippen molar-refractivity contribution in [3.63, 3.8) is 0 Å². The van der Waals surface area contributed by atoms with E-state index in [0.29, 0.717) is 35.9 Å². The van der Waals surface area contributed by atoms with Crippen LogP contribution >= 0.6 is 0 Å². The molecule has 8 atom stereocenters. The minimum atomic E-state index is -0.337. The number of ketones is 1. The van der Waals surface area contributed by atoms with E-state index in [1.165, 1.54) is 6.42 Å². The van der Waals surface area contributed by atoms with Gasteiger partial charge in [-0.1, -0.05) is 13.8 Å². The Hall–Kier alpha value is -0.410. The van der Waals surface area contributed by atoms with Crippen molar-refractivity contribution >= 4 is 5.78 Å². The third-order valence-corrected chi connectivity index (χ3v) is 8.28. The number of carbonyl (C=O) groups excluding carboxylic acids is 1. The average molecular weight is 306 g/mol. The van der Waals surface area contributed by atoms with Gasteiger partial charge < -0.3 is 10.2 Å².